The van der Waals surface area contributed by atoms with Gasteiger partial charge in [-0.25, -0.2) is 9.18 Å². The molecule has 0 aromatic heterocycles. The molecule has 0 aliphatic carbocycles. The van der Waals surface area contributed by atoms with Gasteiger partial charge in [0.05, 0.1) is 17.9 Å². The van der Waals surface area contributed by atoms with Crippen molar-refractivity contribution >= 4 is 47.3 Å². The van der Waals surface area contributed by atoms with E-state index in [1.165, 1.54) is 36.6 Å². The van der Waals surface area contributed by atoms with Crippen LogP contribution in [0.5, 0.6) is 5.75 Å². The first-order valence-electron chi connectivity index (χ1n) is 14.6. The number of aromatic hydroxyl groups is 1. The van der Waals surface area contributed by atoms with Crippen molar-refractivity contribution in [2.45, 2.75) is 55.5 Å². The number of nitrogens with zero attached hydrogens (tertiary/aromatic N) is 2. The van der Waals surface area contributed by atoms with Crippen LogP contribution in [0.1, 0.15) is 30.4 Å². The third kappa shape index (κ3) is 10.3. The number of halogens is 5. The summed E-state index contributed by atoms with van der Waals surface area (Å²) in [5, 5.41) is 20.6. The van der Waals surface area contributed by atoms with Gasteiger partial charge >= 0.3 is 17.7 Å². The third-order valence-electron chi connectivity index (χ3n) is 7.20. The van der Waals surface area contributed by atoms with Crippen LogP contribution in [0.25, 0.3) is 0 Å². The Hall–Kier alpha value is -4.82. The molecule has 0 radical (unpaired) electrons. The first-order valence-corrected chi connectivity index (χ1v) is 16.0. The fourth-order valence-corrected chi connectivity index (χ4v) is 4.98. The first kappa shape index (κ1) is 41.4. The van der Waals surface area contributed by atoms with Gasteiger partial charge in [0.15, 0.2) is 0 Å². The van der Waals surface area contributed by atoms with Crippen LogP contribution >= 0.6 is 11.8 Å². The van der Waals surface area contributed by atoms with E-state index in [0.29, 0.717) is 17.7 Å². The summed E-state index contributed by atoms with van der Waals surface area (Å²) in [5.74, 6) is -21.2. The molecule has 0 bridgehead atoms. The molecule has 274 valence electrons. The van der Waals surface area contributed by atoms with Crippen molar-refractivity contribution in [1.82, 2.24) is 20.9 Å². The number of rotatable bonds is 19. The molecule has 2 aromatic carbocycles. The van der Waals surface area contributed by atoms with Crippen molar-refractivity contribution in [2.75, 3.05) is 18.6 Å². The maximum absolute atomic E-state index is 15.9. The molecular weight excluding hydrogens is 699 g/mol. The quantitative estimate of drug-likeness (QED) is 0.0684. The number of aliphatic carboxylic acids is 1. The summed E-state index contributed by atoms with van der Waals surface area (Å²) in [6, 6.07) is 4.30. The fourth-order valence-electron chi connectivity index (χ4n) is 4.52. The summed E-state index contributed by atoms with van der Waals surface area (Å²) >= 11 is 0.961. The van der Waals surface area contributed by atoms with Crippen LogP contribution in [0.15, 0.2) is 54.6 Å². The van der Waals surface area contributed by atoms with Gasteiger partial charge in [0, 0.05) is 12.0 Å². The topological polar surface area (TPSA) is 225 Å². The van der Waals surface area contributed by atoms with Crippen LogP contribution in [0.2, 0.25) is 0 Å². The van der Waals surface area contributed by atoms with E-state index in [9.17, 15) is 47.9 Å². The van der Waals surface area contributed by atoms with Crippen molar-refractivity contribution in [3.63, 3.8) is 0 Å². The van der Waals surface area contributed by atoms with E-state index in [4.69, 9.17) is 11.5 Å². The number of carbonyl (C=O) groups excluding carboxylic acids is 5. The largest absolute Gasteiger partial charge is 0.508 e. The lowest BCUT2D eigenvalue weighted by atomic mass is 9.96. The van der Waals surface area contributed by atoms with Gasteiger partial charge in [-0.1, -0.05) is 51.4 Å². The minimum Gasteiger partial charge on any atom is -0.508 e. The maximum atomic E-state index is 15.9. The summed E-state index contributed by atoms with van der Waals surface area (Å²) in [5.41, 5.74) is 10.2. The minimum atomic E-state index is -5.62. The standard InChI is InChI=1S/C30H35F5N6O8S/c1-50-14-13-22(27(47)48)40(28(49)30(33,41(34)35)29(31,32)18-5-3-2-4-6-18)24(44)16-38-26(46)21(11-12-23(37)43)39-25(45)20(36)15-17-7-9-19(42)10-8-17/h2-10,20-22,42H,11-16,36H2,1H3,(H2,37,43)(H,38,46)(H,39,45)(H,47,48)/t20-,21+,22-,30+/m0/s1. The van der Waals surface area contributed by atoms with Gasteiger partial charge in [-0.15, -0.1) is 0 Å². The Morgan fingerprint density at radius 1 is 0.940 bits per heavy atom. The smallest absolute Gasteiger partial charge is 0.365 e. The molecule has 20 heteroatoms. The summed E-state index contributed by atoms with van der Waals surface area (Å²) in [6.07, 6.45) is -0.308. The van der Waals surface area contributed by atoms with Crippen LogP contribution in [0.4, 0.5) is 22.1 Å². The molecule has 2 rings (SSSR count). The zero-order valence-electron chi connectivity index (χ0n) is 26.4. The molecule has 5 amide bonds. The number of nitrogens with one attached hydrogen (secondary N) is 2. The normalized spacial score (nSPS) is 14.5. The summed E-state index contributed by atoms with van der Waals surface area (Å²) in [4.78, 5) is 75.5. The average molecular weight is 735 g/mol. The van der Waals surface area contributed by atoms with Crippen molar-refractivity contribution in [3.8, 4) is 5.75 Å². The average Bonchev–Trinajstić information content (AvgIpc) is 3.07. The van der Waals surface area contributed by atoms with Crippen LogP contribution in [-0.4, -0.2) is 98.4 Å². The van der Waals surface area contributed by atoms with E-state index < -0.39 is 107 Å². The lowest BCUT2D eigenvalue weighted by molar-refractivity contribution is -0.337. The Morgan fingerprint density at radius 3 is 2.06 bits per heavy atom. The monoisotopic (exact) mass is 734 g/mol. The van der Waals surface area contributed by atoms with Crippen molar-refractivity contribution in [2.24, 2.45) is 11.5 Å². The lowest BCUT2D eigenvalue weighted by Crippen LogP contribution is -2.65. The van der Waals surface area contributed by atoms with E-state index in [1.807, 2.05) is 5.32 Å². The van der Waals surface area contributed by atoms with Crippen LogP contribution in [0, 0.1) is 0 Å². The first-order chi connectivity index (χ1) is 23.4. The predicted octanol–water partition coefficient (Wildman–Crippen LogP) is 1.22. The Morgan fingerprint density at radius 2 is 1.54 bits per heavy atom. The van der Waals surface area contributed by atoms with Gasteiger partial charge < -0.3 is 32.3 Å². The van der Waals surface area contributed by atoms with Crippen LogP contribution < -0.4 is 22.1 Å². The number of benzene rings is 2. The number of thioether (sulfide) groups is 1. The molecule has 0 aliphatic heterocycles. The highest BCUT2D eigenvalue weighted by Crippen LogP contribution is 2.46. The SMILES string of the molecule is CSCC[C@@H](C(=O)O)N(C(=O)CNC(=O)[C@@H](CCC(N)=O)NC(=O)[C@@H](N)Cc1ccc(O)cc1)C(=O)[C@@](F)(N(F)F)C(F)(F)c1ccccc1. The number of alkyl halides is 3. The van der Waals surface area contributed by atoms with Crippen LogP contribution in [-0.2, 0) is 41.1 Å². The Kier molecular flexibility index (Phi) is 15.1. The summed E-state index contributed by atoms with van der Waals surface area (Å²) < 4.78 is 74.8. The van der Waals surface area contributed by atoms with Crippen LogP contribution in [0.3, 0.4) is 0 Å². The number of phenols is 1. The zero-order valence-corrected chi connectivity index (χ0v) is 27.2. The van der Waals surface area contributed by atoms with Gasteiger partial charge in [0.2, 0.25) is 23.6 Å². The number of hydrogen-bond donors (Lipinski definition) is 6. The molecule has 0 saturated carbocycles. The minimum absolute atomic E-state index is 0.0578. The molecule has 0 heterocycles. The van der Waals surface area contributed by atoms with Crippen molar-refractivity contribution in [3.05, 3.63) is 65.7 Å². The molecule has 2 aromatic rings. The van der Waals surface area contributed by atoms with E-state index in [-0.39, 0.29) is 17.9 Å². The summed E-state index contributed by atoms with van der Waals surface area (Å²) in [6.45, 7) is -1.44. The van der Waals surface area contributed by atoms with E-state index in [1.54, 1.807) is 0 Å². The van der Waals surface area contributed by atoms with Gasteiger partial charge in [-0.2, -0.15) is 20.5 Å². The van der Waals surface area contributed by atoms with Gasteiger partial charge in [-0.3, -0.25) is 28.9 Å². The highest BCUT2D eigenvalue weighted by Gasteiger charge is 2.70. The van der Waals surface area contributed by atoms with Gasteiger partial charge in [0.1, 0.15) is 17.8 Å². The van der Waals surface area contributed by atoms with E-state index in [0.717, 1.165) is 23.9 Å². The molecule has 50 heavy (non-hydrogen) atoms. The van der Waals surface area contributed by atoms with Gasteiger partial charge in [0.25, 0.3) is 5.91 Å². The van der Waals surface area contributed by atoms with E-state index >= 15 is 13.2 Å². The number of primary amides is 1. The second-order valence-electron chi connectivity index (χ2n) is 10.8. The molecule has 0 aliphatic rings. The maximum Gasteiger partial charge on any atom is 0.365 e. The highest BCUT2D eigenvalue weighted by atomic mass is 32.2. The molecule has 0 fully saturated rings. The van der Waals surface area contributed by atoms with Gasteiger partial charge in [-0.05, 0) is 49.0 Å². The third-order valence-corrected chi connectivity index (χ3v) is 7.85. The number of imide groups is 1. The number of phenolic OH excluding ortho intramolecular Hbond substituents is 1. The second kappa shape index (κ2) is 18.3. The number of nitrogens with two attached hydrogens (primary N) is 2. The number of carboxylic acid groups (broad SMARTS) is 1. The molecule has 0 unspecified atom stereocenters. The van der Waals surface area contributed by atoms with E-state index in [2.05, 4.69) is 5.32 Å². The number of amides is 5. The van der Waals surface area contributed by atoms with Crippen molar-refractivity contribution in [1.29, 1.82) is 0 Å². The highest BCUT2D eigenvalue weighted by molar-refractivity contribution is 7.98. The van der Waals surface area contributed by atoms with Crippen molar-refractivity contribution < 1.29 is 61.1 Å². The summed E-state index contributed by atoms with van der Waals surface area (Å²) in [7, 11) is 0. The molecule has 0 spiro atoms. The Balaban J connectivity index is 2.41. The fraction of sp³-hybridized carbons (Fsp3) is 0.400. The Bertz CT molecular complexity index is 1520. The number of hydrogen-bond acceptors (Lipinski definition) is 10. The molecule has 14 nitrogen and oxygen atoms in total. The zero-order chi connectivity index (χ0) is 37.8. The molecule has 4 atom stereocenters. The number of carbonyl (C=O) groups is 6. The second-order valence-corrected chi connectivity index (χ2v) is 11.7. The predicted molar refractivity (Wildman–Crippen MR) is 168 cm³/mol. The molecular formula is C30H35F5N6O8S. The molecule has 0 saturated heterocycles. The Labute approximate surface area is 286 Å². The number of carboxylic acids is 1. The lowest BCUT2D eigenvalue weighted by Gasteiger charge is -2.37. The molecule has 8 N–H and O–H groups in total.